The van der Waals surface area contributed by atoms with E-state index in [1.807, 2.05) is 6.07 Å². The second-order valence-corrected chi connectivity index (χ2v) is 9.19. The molecule has 0 aliphatic rings. The van der Waals surface area contributed by atoms with E-state index in [1.54, 1.807) is 68.4 Å². The van der Waals surface area contributed by atoms with Gasteiger partial charge in [0, 0.05) is 6.42 Å². The molecule has 210 valence electrons. The molecule has 10 nitrogen and oxygen atoms in total. The molecule has 0 N–H and O–H groups in total. The number of carbonyl (C=O) groups is 5. The fourth-order valence-corrected chi connectivity index (χ4v) is 3.65. The summed E-state index contributed by atoms with van der Waals surface area (Å²) in [6.45, 7) is 5.93. The van der Waals surface area contributed by atoms with Gasteiger partial charge < -0.3 is 18.9 Å². The fourth-order valence-electron chi connectivity index (χ4n) is 3.65. The van der Waals surface area contributed by atoms with Crippen LogP contribution in [0.25, 0.3) is 0 Å². The number of hydrogen-bond acceptors (Lipinski definition) is 9. The quantitative estimate of drug-likeness (QED) is 0.198. The maximum atomic E-state index is 13.4. The van der Waals surface area contributed by atoms with E-state index < -0.39 is 47.8 Å². The van der Waals surface area contributed by atoms with Crippen molar-refractivity contribution in [2.75, 3.05) is 13.2 Å². The Morgan fingerprint density at radius 3 is 1.79 bits per heavy atom. The summed E-state index contributed by atoms with van der Waals surface area (Å²) in [5, 5.41) is 0. The Bertz CT molecular complexity index is 1100. The summed E-state index contributed by atoms with van der Waals surface area (Å²) in [5.41, 5.74) is 0.0170. The highest BCUT2D eigenvalue weighted by molar-refractivity contribution is 6.02. The van der Waals surface area contributed by atoms with Crippen molar-refractivity contribution in [2.45, 2.75) is 65.3 Å². The molecule has 10 heteroatoms. The number of ether oxygens (including phenoxy) is 4. The predicted molar refractivity (Wildman–Crippen MR) is 140 cm³/mol. The van der Waals surface area contributed by atoms with Crippen LogP contribution in [0.4, 0.5) is 4.79 Å². The Morgan fingerprint density at radius 2 is 1.28 bits per heavy atom. The molecule has 39 heavy (non-hydrogen) atoms. The van der Waals surface area contributed by atoms with Crippen molar-refractivity contribution >= 4 is 29.8 Å². The highest BCUT2D eigenvalue weighted by atomic mass is 16.6. The Morgan fingerprint density at radius 1 is 0.769 bits per heavy atom. The summed E-state index contributed by atoms with van der Waals surface area (Å²) in [6.07, 6.45) is -1.84. The van der Waals surface area contributed by atoms with Gasteiger partial charge in [0.2, 0.25) is 6.04 Å². The first-order valence-corrected chi connectivity index (χ1v) is 12.6. The van der Waals surface area contributed by atoms with E-state index in [2.05, 4.69) is 0 Å². The van der Waals surface area contributed by atoms with Crippen LogP contribution in [-0.2, 0) is 51.3 Å². The number of Topliss-reactive ketones (excluding diaryl/α,β-unsaturated/α-hetero) is 1. The van der Waals surface area contributed by atoms with Gasteiger partial charge in [-0.2, -0.15) is 0 Å². The van der Waals surface area contributed by atoms with E-state index in [0.717, 1.165) is 10.5 Å². The van der Waals surface area contributed by atoms with Crippen molar-refractivity contribution in [3.8, 4) is 0 Å². The monoisotopic (exact) mass is 541 g/mol. The first kappa shape index (κ1) is 31.0. The van der Waals surface area contributed by atoms with E-state index in [-0.39, 0.29) is 32.8 Å². The van der Waals surface area contributed by atoms with Gasteiger partial charge in [-0.05, 0) is 38.8 Å². The van der Waals surface area contributed by atoms with Gasteiger partial charge in [0.25, 0.3) is 0 Å². The first-order valence-electron chi connectivity index (χ1n) is 12.6. The lowest BCUT2D eigenvalue weighted by Crippen LogP contribution is -2.52. The van der Waals surface area contributed by atoms with Crippen LogP contribution in [0.2, 0.25) is 0 Å². The molecule has 2 aromatic carbocycles. The lowest BCUT2D eigenvalue weighted by atomic mass is 10.00. The molecule has 0 aromatic heterocycles. The number of esters is 3. The van der Waals surface area contributed by atoms with Gasteiger partial charge in [0.05, 0.1) is 19.8 Å². The van der Waals surface area contributed by atoms with E-state index in [0.29, 0.717) is 5.56 Å². The van der Waals surface area contributed by atoms with E-state index in [9.17, 15) is 24.0 Å². The van der Waals surface area contributed by atoms with Gasteiger partial charge >= 0.3 is 24.0 Å². The Hall–Kier alpha value is -4.21. The van der Waals surface area contributed by atoms with Crippen LogP contribution < -0.4 is 0 Å². The second kappa shape index (κ2) is 15.3. The molecule has 0 spiro atoms. The summed E-state index contributed by atoms with van der Waals surface area (Å²) >= 11 is 0. The summed E-state index contributed by atoms with van der Waals surface area (Å²) in [4.78, 5) is 64.5. The number of nitrogens with zero attached hydrogens (tertiary/aromatic N) is 1. The molecule has 2 aromatic rings. The van der Waals surface area contributed by atoms with Crippen molar-refractivity contribution in [3.63, 3.8) is 0 Å². The van der Waals surface area contributed by atoms with Crippen LogP contribution in [-0.4, -0.2) is 59.5 Å². The highest BCUT2D eigenvalue weighted by Gasteiger charge is 2.41. The number of rotatable bonds is 14. The molecule has 0 saturated heterocycles. The maximum absolute atomic E-state index is 13.4. The van der Waals surface area contributed by atoms with Crippen molar-refractivity contribution in [3.05, 3.63) is 71.8 Å². The lowest BCUT2D eigenvalue weighted by molar-refractivity contribution is -0.164. The molecule has 0 heterocycles. The van der Waals surface area contributed by atoms with E-state index in [4.69, 9.17) is 18.9 Å². The first-order chi connectivity index (χ1) is 18.6. The zero-order valence-corrected chi connectivity index (χ0v) is 22.7. The van der Waals surface area contributed by atoms with Crippen molar-refractivity contribution in [1.82, 2.24) is 4.90 Å². The summed E-state index contributed by atoms with van der Waals surface area (Å²) in [7, 11) is 0. The van der Waals surface area contributed by atoms with Crippen molar-refractivity contribution < 1.29 is 42.9 Å². The average Bonchev–Trinajstić information content (AvgIpc) is 2.88. The molecule has 0 aliphatic heterocycles. The Labute approximate surface area is 228 Å². The van der Waals surface area contributed by atoms with Crippen LogP contribution in [0.5, 0.6) is 0 Å². The SMILES string of the molecule is CCOC(=O)C(C(=O)OCC)N(Cc1ccccc1)C(=O)OC(C)(C)CC(=O)CC(=O)OCc1ccccc1. The zero-order chi connectivity index (χ0) is 28.8. The van der Waals surface area contributed by atoms with E-state index >= 15 is 0 Å². The van der Waals surface area contributed by atoms with Crippen LogP contribution in [0.15, 0.2) is 60.7 Å². The van der Waals surface area contributed by atoms with Gasteiger partial charge in [0.15, 0.2) is 0 Å². The van der Waals surface area contributed by atoms with Crippen molar-refractivity contribution in [1.29, 1.82) is 0 Å². The van der Waals surface area contributed by atoms with Crippen LogP contribution in [0.3, 0.4) is 0 Å². The normalized spacial score (nSPS) is 10.9. The van der Waals surface area contributed by atoms with Gasteiger partial charge in [-0.1, -0.05) is 60.7 Å². The number of hydrogen-bond donors (Lipinski definition) is 0. The molecule has 0 radical (unpaired) electrons. The minimum atomic E-state index is -1.72. The third kappa shape index (κ3) is 10.6. The van der Waals surface area contributed by atoms with Crippen LogP contribution >= 0.6 is 0 Å². The molecule has 0 unspecified atom stereocenters. The van der Waals surface area contributed by atoms with Gasteiger partial charge in [-0.25, -0.2) is 14.4 Å². The molecular weight excluding hydrogens is 506 g/mol. The fraction of sp³-hybridized carbons (Fsp3) is 0.414. The lowest BCUT2D eigenvalue weighted by Gasteiger charge is -2.32. The van der Waals surface area contributed by atoms with E-state index in [1.165, 1.54) is 13.8 Å². The Balaban J connectivity index is 2.13. The molecule has 0 fully saturated rings. The number of ketones is 1. The number of carbonyl (C=O) groups excluding carboxylic acids is 5. The third-order valence-electron chi connectivity index (χ3n) is 5.33. The van der Waals surface area contributed by atoms with Gasteiger partial charge in [-0.15, -0.1) is 0 Å². The van der Waals surface area contributed by atoms with Crippen LogP contribution in [0.1, 0.15) is 51.7 Å². The molecule has 0 atom stereocenters. The molecule has 2 rings (SSSR count). The predicted octanol–water partition coefficient (Wildman–Crippen LogP) is 3.99. The van der Waals surface area contributed by atoms with Crippen molar-refractivity contribution in [2.24, 2.45) is 0 Å². The minimum absolute atomic E-state index is 0.0245. The smallest absolute Gasteiger partial charge is 0.411 e. The van der Waals surface area contributed by atoms with Gasteiger partial charge in [0.1, 0.15) is 24.4 Å². The summed E-state index contributed by atoms with van der Waals surface area (Å²) in [5.74, 6) is -3.16. The topological polar surface area (TPSA) is 126 Å². The third-order valence-corrected chi connectivity index (χ3v) is 5.33. The second-order valence-electron chi connectivity index (χ2n) is 9.19. The Kier molecular flexibility index (Phi) is 12.1. The van der Waals surface area contributed by atoms with Gasteiger partial charge in [-0.3, -0.25) is 14.5 Å². The molecule has 0 aliphatic carbocycles. The molecule has 0 bridgehead atoms. The summed E-state index contributed by atoms with van der Waals surface area (Å²) in [6, 6.07) is 16.0. The highest BCUT2D eigenvalue weighted by Crippen LogP contribution is 2.21. The zero-order valence-electron chi connectivity index (χ0n) is 22.7. The maximum Gasteiger partial charge on any atom is 0.411 e. The molecular formula is C29H35NO9. The number of benzene rings is 2. The average molecular weight is 542 g/mol. The minimum Gasteiger partial charge on any atom is -0.464 e. The number of amides is 1. The molecule has 1 amide bonds. The largest absolute Gasteiger partial charge is 0.464 e. The molecule has 0 saturated carbocycles. The standard InChI is InChI=1S/C29H35NO9/c1-5-36-26(33)25(27(34)37-6-2)30(19-21-13-9-7-10-14-21)28(35)39-29(3,4)18-23(31)17-24(32)38-20-22-15-11-8-12-16-22/h7-16,25H,5-6,17-20H2,1-4H3. The van der Waals surface area contributed by atoms with Crippen LogP contribution in [0, 0.1) is 0 Å². The summed E-state index contributed by atoms with van der Waals surface area (Å²) < 4.78 is 20.8.